The number of carboxylic acid groups (broad SMARTS) is 1. The molecule has 0 unspecified atom stereocenters. The minimum Gasteiger partial charge on any atom is -0.497 e. The molecule has 1 amide bonds. The molecule has 2 aliphatic rings. The number of aliphatic carboxylic acids is 1. The minimum atomic E-state index is -0.833. The van der Waals surface area contributed by atoms with Crippen molar-refractivity contribution >= 4 is 63.4 Å². The summed E-state index contributed by atoms with van der Waals surface area (Å²) >= 11 is 6.61. The molecule has 210 valence electrons. The van der Waals surface area contributed by atoms with E-state index in [1.807, 2.05) is 38.1 Å². The molecule has 0 radical (unpaired) electrons. The van der Waals surface area contributed by atoms with Crippen molar-refractivity contribution in [3.8, 4) is 5.75 Å². The van der Waals surface area contributed by atoms with Gasteiger partial charge in [0.2, 0.25) is 0 Å². The number of piperazine rings is 1. The maximum atomic E-state index is 13.7. The molecular formula is C28H31N5O5S2. The summed E-state index contributed by atoms with van der Waals surface area (Å²) in [5, 5.41) is 7.42. The summed E-state index contributed by atoms with van der Waals surface area (Å²) in [6.45, 7) is 8.34. The Morgan fingerprint density at radius 3 is 2.30 bits per heavy atom. The van der Waals surface area contributed by atoms with E-state index in [1.54, 1.807) is 28.7 Å². The first-order chi connectivity index (χ1) is 19.1. The molecular weight excluding hydrogens is 550 g/mol. The highest BCUT2D eigenvalue weighted by Crippen LogP contribution is 2.33. The van der Waals surface area contributed by atoms with Crippen molar-refractivity contribution in [1.82, 2.24) is 14.3 Å². The molecule has 2 aliphatic heterocycles. The fourth-order valence-electron chi connectivity index (χ4n) is 4.49. The molecule has 0 saturated carbocycles. The molecule has 40 heavy (non-hydrogen) atoms. The Hall–Kier alpha value is -3.90. The number of hydrogen-bond donors (Lipinski definition) is 1. The number of fused-ring (bicyclic) bond motifs is 1. The first-order valence-electron chi connectivity index (χ1n) is 12.7. The van der Waals surface area contributed by atoms with Crippen LogP contribution in [0.15, 0.2) is 52.3 Å². The van der Waals surface area contributed by atoms with Crippen molar-refractivity contribution in [2.75, 3.05) is 49.6 Å². The van der Waals surface area contributed by atoms with Gasteiger partial charge in [-0.3, -0.25) is 23.7 Å². The summed E-state index contributed by atoms with van der Waals surface area (Å²) in [6, 6.07) is 11.8. The Morgan fingerprint density at radius 1 is 1.10 bits per heavy atom. The van der Waals surface area contributed by atoms with Gasteiger partial charge in [0.25, 0.3) is 17.4 Å². The van der Waals surface area contributed by atoms with Gasteiger partial charge >= 0.3 is 0 Å². The number of aromatic nitrogens is 2. The quantitative estimate of drug-likeness (QED) is 0.354. The number of hydrogen-bond acceptors (Lipinski definition) is 9. The van der Waals surface area contributed by atoms with Gasteiger partial charge in [-0.2, -0.15) is 0 Å². The van der Waals surface area contributed by atoms with Crippen LogP contribution in [0.3, 0.4) is 0 Å². The highest BCUT2D eigenvalue weighted by Gasteiger charge is 2.32. The van der Waals surface area contributed by atoms with E-state index in [0.717, 1.165) is 37.0 Å². The van der Waals surface area contributed by atoms with Crippen molar-refractivity contribution in [2.45, 2.75) is 20.8 Å². The van der Waals surface area contributed by atoms with Crippen LogP contribution in [0.2, 0.25) is 0 Å². The molecule has 2 saturated heterocycles. The van der Waals surface area contributed by atoms with Gasteiger partial charge in [0.05, 0.1) is 17.6 Å². The summed E-state index contributed by atoms with van der Waals surface area (Å²) in [7, 11) is 1.66. The monoisotopic (exact) mass is 581 g/mol. The second-order valence-electron chi connectivity index (χ2n) is 9.21. The molecule has 2 aromatic heterocycles. The van der Waals surface area contributed by atoms with Gasteiger partial charge in [0.15, 0.2) is 0 Å². The van der Waals surface area contributed by atoms with Crippen molar-refractivity contribution in [3.05, 3.63) is 69.0 Å². The fourth-order valence-corrected chi connectivity index (χ4v) is 5.85. The van der Waals surface area contributed by atoms with E-state index >= 15 is 0 Å². The van der Waals surface area contributed by atoms with Crippen molar-refractivity contribution in [3.63, 3.8) is 0 Å². The van der Waals surface area contributed by atoms with Crippen LogP contribution < -0.4 is 20.1 Å². The average molecular weight is 582 g/mol. The third-order valence-corrected chi connectivity index (χ3v) is 7.85. The van der Waals surface area contributed by atoms with E-state index in [9.17, 15) is 9.59 Å². The molecule has 12 heteroatoms. The second kappa shape index (κ2) is 12.5. The lowest BCUT2D eigenvalue weighted by Gasteiger charge is -2.37. The van der Waals surface area contributed by atoms with Gasteiger partial charge in [0, 0.05) is 51.5 Å². The molecule has 1 aromatic carbocycles. The van der Waals surface area contributed by atoms with E-state index in [2.05, 4.69) is 21.9 Å². The van der Waals surface area contributed by atoms with Crippen molar-refractivity contribution in [1.29, 1.82) is 0 Å². The number of thiocarbonyl (C=S) groups is 1. The summed E-state index contributed by atoms with van der Waals surface area (Å²) in [6.07, 6.45) is 3.45. The minimum absolute atomic E-state index is 0.170. The number of anilines is 2. The highest BCUT2D eigenvalue weighted by atomic mass is 32.2. The predicted molar refractivity (Wildman–Crippen MR) is 162 cm³/mol. The first-order valence-corrected chi connectivity index (χ1v) is 14.0. The standard InChI is InChI=1S/C26H27N5O3S2.C2H4O2/c1-4-30-25(33)21(36-26(30)35)15-20-23(27-22-10-5-17(2)16-31(22)24(20)32)29-13-11-28(12-14-29)18-6-8-19(34-3)9-7-18;1-2(3)4/h5-10,15-16H,4,11-14H2,1-3H3;1H3,(H,3,4)/b21-15+;. The van der Waals surface area contributed by atoms with Crippen LogP contribution in [0, 0.1) is 6.92 Å². The number of methoxy groups -OCH3 is 1. The Morgan fingerprint density at radius 2 is 1.73 bits per heavy atom. The Kier molecular flexibility index (Phi) is 9.10. The number of amides is 1. The average Bonchev–Trinajstić information content (AvgIpc) is 3.21. The molecule has 3 aromatic rings. The van der Waals surface area contributed by atoms with Crippen LogP contribution >= 0.6 is 24.0 Å². The topological polar surface area (TPSA) is 108 Å². The number of ether oxygens (including phenoxy) is 1. The molecule has 1 N–H and O–H groups in total. The molecule has 2 fully saturated rings. The molecule has 0 bridgehead atoms. The van der Waals surface area contributed by atoms with Crippen molar-refractivity contribution < 1.29 is 19.4 Å². The van der Waals surface area contributed by atoms with Crippen LogP contribution in [-0.4, -0.2) is 75.4 Å². The van der Waals surface area contributed by atoms with Crippen LogP contribution in [0.1, 0.15) is 25.0 Å². The van der Waals surface area contributed by atoms with Crippen molar-refractivity contribution in [2.24, 2.45) is 0 Å². The number of rotatable bonds is 5. The van der Waals surface area contributed by atoms with Gasteiger partial charge in [0.1, 0.15) is 21.5 Å². The van der Waals surface area contributed by atoms with Gasteiger partial charge in [-0.1, -0.05) is 30.0 Å². The lowest BCUT2D eigenvalue weighted by Crippen LogP contribution is -2.47. The molecule has 0 aliphatic carbocycles. The van der Waals surface area contributed by atoms with E-state index in [1.165, 1.54) is 11.8 Å². The number of nitrogens with zero attached hydrogens (tertiary/aromatic N) is 5. The van der Waals surface area contributed by atoms with Gasteiger partial charge in [-0.25, -0.2) is 4.98 Å². The van der Waals surface area contributed by atoms with E-state index < -0.39 is 5.97 Å². The summed E-state index contributed by atoms with van der Waals surface area (Å²) in [5.41, 5.74) is 2.87. The highest BCUT2D eigenvalue weighted by molar-refractivity contribution is 8.26. The van der Waals surface area contributed by atoms with E-state index in [0.29, 0.717) is 45.9 Å². The number of thioether (sulfide) groups is 1. The number of benzene rings is 1. The van der Waals surface area contributed by atoms with Crippen LogP contribution in [-0.2, 0) is 9.59 Å². The number of likely N-dealkylation sites (N-methyl/N-ethyl adjacent to an activating group) is 1. The number of pyridine rings is 1. The lowest BCUT2D eigenvalue weighted by atomic mass is 10.2. The number of carbonyl (C=O) groups is 2. The molecule has 5 rings (SSSR count). The third-order valence-electron chi connectivity index (χ3n) is 6.47. The van der Waals surface area contributed by atoms with Crippen LogP contribution in [0.5, 0.6) is 5.75 Å². The Labute approximate surface area is 241 Å². The van der Waals surface area contributed by atoms with E-state index in [-0.39, 0.29) is 11.5 Å². The van der Waals surface area contributed by atoms with Gasteiger partial charge in [-0.05, 0) is 55.8 Å². The largest absolute Gasteiger partial charge is 0.497 e. The Balaban J connectivity index is 0.000000867. The maximum Gasteiger partial charge on any atom is 0.300 e. The van der Waals surface area contributed by atoms with Gasteiger partial charge < -0.3 is 19.6 Å². The zero-order valence-corrected chi connectivity index (χ0v) is 24.4. The second-order valence-corrected chi connectivity index (χ2v) is 10.9. The lowest BCUT2D eigenvalue weighted by molar-refractivity contribution is -0.134. The number of carbonyl (C=O) groups excluding carboxylic acids is 1. The van der Waals surface area contributed by atoms with Crippen LogP contribution in [0.25, 0.3) is 11.7 Å². The first kappa shape index (κ1) is 29.1. The Bertz CT molecular complexity index is 1520. The summed E-state index contributed by atoms with van der Waals surface area (Å²) in [4.78, 5) is 46.9. The smallest absolute Gasteiger partial charge is 0.300 e. The SMILES string of the molecule is CC(=O)O.CCN1C(=O)/C(=C\c2c(N3CCN(c4ccc(OC)cc4)CC3)nc3ccc(C)cn3c2=O)SC1=S. The van der Waals surface area contributed by atoms with E-state index in [4.69, 9.17) is 31.8 Å². The summed E-state index contributed by atoms with van der Waals surface area (Å²) < 4.78 is 7.33. The zero-order chi connectivity index (χ0) is 29.0. The summed E-state index contributed by atoms with van der Waals surface area (Å²) in [5.74, 6) is 0.420. The third kappa shape index (κ3) is 6.28. The fraction of sp³-hybridized carbons (Fsp3) is 0.321. The predicted octanol–water partition coefficient (Wildman–Crippen LogP) is 3.65. The van der Waals surface area contributed by atoms with Crippen LogP contribution in [0.4, 0.5) is 11.5 Å². The normalized spacial score (nSPS) is 16.4. The number of carboxylic acids is 1. The molecule has 0 atom stereocenters. The number of aryl methyl sites for hydroxylation is 1. The maximum absolute atomic E-state index is 13.7. The molecule has 4 heterocycles. The molecule has 0 spiro atoms. The van der Waals surface area contributed by atoms with Gasteiger partial charge in [-0.15, -0.1) is 0 Å². The zero-order valence-electron chi connectivity index (χ0n) is 22.8. The molecule has 10 nitrogen and oxygen atoms in total.